The van der Waals surface area contributed by atoms with E-state index in [0.717, 1.165) is 25.1 Å². The minimum absolute atomic E-state index is 0.0441. The first-order valence-electron chi connectivity index (χ1n) is 6.16. The van der Waals surface area contributed by atoms with Gasteiger partial charge in [-0.1, -0.05) is 0 Å². The van der Waals surface area contributed by atoms with E-state index in [2.05, 4.69) is 5.32 Å². The largest absolute Gasteiger partial charge is 0.494 e. The molecule has 1 aliphatic heterocycles. The Hall–Kier alpha value is -1.33. The van der Waals surface area contributed by atoms with E-state index >= 15 is 0 Å². The molecule has 1 aromatic rings. The van der Waals surface area contributed by atoms with E-state index in [1.165, 1.54) is 13.2 Å². The smallest absolute Gasteiger partial charge is 0.165 e. The fraction of sp³-hybridized carbons (Fsp3) is 0.538. The van der Waals surface area contributed by atoms with Crippen LogP contribution >= 0.6 is 0 Å². The van der Waals surface area contributed by atoms with E-state index in [4.69, 9.17) is 15.2 Å². The topological polar surface area (TPSA) is 56.5 Å². The Labute approximate surface area is 106 Å². The highest BCUT2D eigenvalue weighted by molar-refractivity contribution is 5.49. The van der Waals surface area contributed by atoms with E-state index in [9.17, 15) is 4.39 Å². The summed E-state index contributed by atoms with van der Waals surface area (Å²) >= 11 is 0. The van der Waals surface area contributed by atoms with Crippen molar-refractivity contribution in [3.8, 4) is 5.75 Å². The summed E-state index contributed by atoms with van der Waals surface area (Å²) in [4.78, 5) is 0. The van der Waals surface area contributed by atoms with E-state index < -0.39 is 0 Å². The average molecular weight is 254 g/mol. The van der Waals surface area contributed by atoms with Crippen molar-refractivity contribution in [2.24, 2.45) is 5.73 Å². The molecule has 2 rings (SSSR count). The summed E-state index contributed by atoms with van der Waals surface area (Å²) in [6, 6.07) is 4.73. The SMILES string of the molecule is COc1cc(NC(CN)C2CCCO2)ccc1F. The second-order valence-corrected chi connectivity index (χ2v) is 4.39. The first kappa shape index (κ1) is 13.1. The number of nitrogens with two attached hydrogens (primary N) is 1. The van der Waals surface area contributed by atoms with Gasteiger partial charge in [0.1, 0.15) is 0 Å². The van der Waals surface area contributed by atoms with Gasteiger partial charge >= 0.3 is 0 Å². The second-order valence-electron chi connectivity index (χ2n) is 4.39. The number of rotatable bonds is 5. The summed E-state index contributed by atoms with van der Waals surface area (Å²) in [7, 11) is 1.45. The van der Waals surface area contributed by atoms with Crippen LogP contribution in [-0.4, -0.2) is 32.4 Å². The van der Waals surface area contributed by atoms with Crippen LogP contribution in [0.2, 0.25) is 0 Å². The molecular formula is C13H19FN2O2. The molecule has 0 aromatic heterocycles. The molecule has 0 amide bonds. The van der Waals surface area contributed by atoms with Crippen LogP contribution in [0, 0.1) is 5.82 Å². The van der Waals surface area contributed by atoms with Crippen molar-refractivity contribution in [3.63, 3.8) is 0 Å². The van der Waals surface area contributed by atoms with Crippen LogP contribution in [-0.2, 0) is 4.74 Å². The summed E-state index contributed by atoms with van der Waals surface area (Å²) in [5.74, 6) is -0.146. The number of hydrogen-bond donors (Lipinski definition) is 2. The quantitative estimate of drug-likeness (QED) is 0.840. The van der Waals surface area contributed by atoms with Crippen LogP contribution in [0.15, 0.2) is 18.2 Å². The Morgan fingerprint density at radius 3 is 3.06 bits per heavy atom. The van der Waals surface area contributed by atoms with Gasteiger partial charge in [-0.15, -0.1) is 0 Å². The molecule has 1 saturated heterocycles. The Morgan fingerprint density at radius 1 is 1.61 bits per heavy atom. The molecule has 100 valence electrons. The second kappa shape index (κ2) is 6.02. The summed E-state index contributed by atoms with van der Waals surface area (Å²) in [5, 5.41) is 3.28. The van der Waals surface area contributed by atoms with Crippen LogP contribution in [0.3, 0.4) is 0 Å². The van der Waals surface area contributed by atoms with Gasteiger partial charge in [0.25, 0.3) is 0 Å². The minimum Gasteiger partial charge on any atom is -0.494 e. The normalized spacial score (nSPS) is 20.7. The predicted molar refractivity (Wildman–Crippen MR) is 68.4 cm³/mol. The Morgan fingerprint density at radius 2 is 2.44 bits per heavy atom. The molecule has 0 saturated carbocycles. The molecule has 5 heteroatoms. The summed E-state index contributed by atoms with van der Waals surface area (Å²) in [5.41, 5.74) is 6.54. The van der Waals surface area contributed by atoms with Crippen LogP contribution < -0.4 is 15.8 Å². The van der Waals surface area contributed by atoms with Crippen LogP contribution in [0.1, 0.15) is 12.8 Å². The highest BCUT2D eigenvalue weighted by atomic mass is 19.1. The maximum atomic E-state index is 13.3. The molecule has 0 radical (unpaired) electrons. The number of methoxy groups -OCH3 is 1. The van der Waals surface area contributed by atoms with Gasteiger partial charge in [-0.3, -0.25) is 0 Å². The lowest BCUT2D eigenvalue weighted by Crippen LogP contribution is -2.39. The van der Waals surface area contributed by atoms with Crippen LogP contribution in [0.4, 0.5) is 10.1 Å². The molecule has 0 spiro atoms. The van der Waals surface area contributed by atoms with E-state index in [1.54, 1.807) is 12.1 Å². The molecule has 2 unspecified atom stereocenters. The van der Waals surface area contributed by atoms with Gasteiger partial charge in [-0.25, -0.2) is 4.39 Å². The van der Waals surface area contributed by atoms with Gasteiger partial charge in [0.05, 0.1) is 19.3 Å². The van der Waals surface area contributed by atoms with Gasteiger partial charge in [-0.05, 0) is 25.0 Å². The van der Waals surface area contributed by atoms with Crippen molar-refractivity contribution in [3.05, 3.63) is 24.0 Å². The van der Waals surface area contributed by atoms with E-state index in [-0.39, 0.29) is 23.7 Å². The molecule has 3 N–H and O–H groups in total. The zero-order chi connectivity index (χ0) is 13.0. The lowest BCUT2D eigenvalue weighted by atomic mass is 10.1. The zero-order valence-corrected chi connectivity index (χ0v) is 10.5. The van der Waals surface area contributed by atoms with Gasteiger partial charge in [0.15, 0.2) is 11.6 Å². The third kappa shape index (κ3) is 2.91. The number of benzene rings is 1. The lowest BCUT2D eigenvalue weighted by Gasteiger charge is -2.24. The molecule has 1 aromatic carbocycles. The highest BCUT2D eigenvalue weighted by Crippen LogP contribution is 2.24. The van der Waals surface area contributed by atoms with Crippen molar-refractivity contribution >= 4 is 5.69 Å². The Balaban J connectivity index is 2.06. The summed E-state index contributed by atoms with van der Waals surface area (Å²) in [6.45, 7) is 1.26. The Bertz CT molecular complexity index is 395. The molecule has 0 bridgehead atoms. The van der Waals surface area contributed by atoms with Gasteiger partial charge in [-0.2, -0.15) is 0 Å². The monoisotopic (exact) mass is 254 g/mol. The lowest BCUT2D eigenvalue weighted by molar-refractivity contribution is 0.0973. The van der Waals surface area contributed by atoms with Crippen LogP contribution in [0.5, 0.6) is 5.75 Å². The van der Waals surface area contributed by atoms with Crippen molar-refractivity contribution in [1.29, 1.82) is 0 Å². The van der Waals surface area contributed by atoms with Crippen LogP contribution in [0.25, 0.3) is 0 Å². The predicted octanol–water partition coefficient (Wildman–Crippen LogP) is 1.75. The molecule has 1 heterocycles. The maximum absolute atomic E-state index is 13.3. The number of halogens is 1. The molecule has 2 atom stereocenters. The van der Waals surface area contributed by atoms with Crippen molar-refractivity contribution in [2.75, 3.05) is 25.6 Å². The molecule has 1 aliphatic rings. The summed E-state index contributed by atoms with van der Waals surface area (Å²) in [6.07, 6.45) is 2.20. The van der Waals surface area contributed by atoms with Crippen molar-refractivity contribution in [1.82, 2.24) is 0 Å². The number of nitrogens with one attached hydrogen (secondary N) is 1. The van der Waals surface area contributed by atoms with Crippen molar-refractivity contribution < 1.29 is 13.9 Å². The van der Waals surface area contributed by atoms with E-state index in [1.807, 2.05) is 0 Å². The molecular weight excluding hydrogens is 235 g/mol. The first-order valence-corrected chi connectivity index (χ1v) is 6.16. The fourth-order valence-electron chi connectivity index (χ4n) is 2.19. The number of hydrogen-bond acceptors (Lipinski definition) is 4. The summed E-state index contributed by atoms with van der Waals surface area (Å²) < 4.78 is 23.8. The molecule has 1 fully saturated rings. The standard InChI is InChI=1S/C13H19FN2O2/c1-17-13-7-9(4-5-10(13)14)16-11(8-15)12-3-2-6-18-12/h4-5,7,11-12,16H,2-3,6,8,15H2,1H3. The molecule has 4 nitrogen and oxygen atoms in total. The van der Waals surface area contributed by atoms with Gasteiger partial charge < -0.3 is 20.5 Å². The third-order valence-corrected chi connectivity index (χ3v) is 3.17. The fourth-order valence-corrected chi connectivity index (χ4v) is 2.19. The maximum Gasteiger partial charge on any atom is 0.165 e. The number of anilines is 1. The molecule has 18 heavy (non-hydrogen) atoms. The first-order chi connectivity index (χ1) is 8.74. The van der Waals surface area contributed by atoms with Gasteiger partial charge in [0, 0.05) is 24.9 Å². The average Bonchev–Trinajstić information content (AvgIpc) is 2.91. The van der Waals surface area contributed by atoms with Crippen molar-refractivity contribution in [2.45, 2.75) is 25.0 Å². The number of ether oxygens (including phenoxy) is 2. The highest BCUT2D eigenvalue weighted by Gasteiger charge is 2.24. The van der Waals surface area contributed by atoms with E-state index in [0.29, 0.717) is 6.54 Å². The third-order valence-electron chi connectivity index (χ3n) is 3.17. The zero-order valence-electron chi connectivity index (χ0n) is 10.5. The molecule has 0 aliphatic carbocycles. The van der Waals surface area contributed by atoms with Gasteiger partial charge in [0.2, 0.25) is 0 Å². The minimum atomic E-state index is -0.371. The Kier molecular flexibility index (Phi) is 4.38.